The number of rotatable bonds is 11. The second kappa shape index (κ2) is 15.3. The van der Waals surface area contributed by atoms with Gasteiger partial charge in [0, 0.05) is 87.6 Å². The van der Waals surface area contributed by atoms with Gasteiger partial charge in [-0.25, -0.2) is 9.37 Å². The fourth-order valence-corrected chi connectivity index (χ4v) is 6.45. The molecule has 3 heterocycles. The maximum Gasteiger partial charge on any atom is 0.197 e. The average Bonchev–Trinajstić information content (AvgIpc) is 3.12. The lowest BCUT2D eigenvalue weighted by Crippen LogP contribution is -2.28. The van der Waals surface area contributed by atoms with Gasteiger partial charge in [0.1, 0.15) is 23.8 Å². The molecule has 6 rings (SSSR count). The Labute approximate surface area is 286 Å². The van der Waals surface area contributed by atoms with E-state index in [1.54, 1.807) is 45.8 Å². The van der Waals surface area contributed by atoms with Crippen LogP contribution in [0.1, 0.15) is 35.8 Å². The highest BCUT2D eigenvalue weighted by Gasteiger charge is 2.23. The molecule has 4 aromatic rings. The number of aryl methyl sites for hydroxylation is 1. The summed E-state index contributed by atoms with van der Waals surface area (Å²) in [4.78, 5) is 18.4. The molecule has 0 radical (unpaired) electrons. The quantitative estimate of drug-likeness (QED) is 0.154. The van der Waals surface area contributed by atoms with Crippen LogP contribution in [0.2, 0.25) is 0 Å². The van der Waals surface area contributed by atoms with E-state index < -0.39 is 12.0 Å². The number of halogens is 1. The Balaban J connectivity index is 1.29. The minimum atomic E-state index is -1.38. The molecule has 10 heteroatoms. The van der Waals surface area contributed by atoms with Gasteiger partial charge in [0.15, 0.2) is 11.7 Å². The zero-order valence-corrected chi connectivity index (χ0v) is 28.3. The Kier molecular flexibility index (Phi) is 10.7. The lowest BCUT2D eigenvalue weighted by Gasteiger charge is -2.24. The topological polar surface area (TPSA) is 107 Å². The van der Waals surface area contributed by atoms with Crippen LogP contribution in [0.25, 0.3) is 27.8 Å². The van der Waals surface area contributed by atoms with E-state index in [2.05, 4.69) is 15.6 Å². The normalized spacial score (nSPS) is 18.6. The van der Waals surface area contributed by atoms with Crippen molar-refractivity contribution in [2.45, 2.75) is 44.7 Å². The first kappa shape index (κ1) is 34.3. The number of aliphatic hydroxyl groups is 1. The third-order valence-corrected chi connectivity index (χ3v) is 9.27. The number of hydrogen-bond acceptors (Lipinski definition) is 8. The average molecular weight is 667 g/mol. The van der Waals surface area contributed by atoms with Gasteiger partial charge in [-0.3, -0.25) is 4.79 Å². The second-order valence-electron chi connectivity index (χ2n) is 12.6. The smallest absolute Gasteiger partial charge is 0.197 e. The molecule has 1 aliphatic heterocycles. The first-order chi connectivity index (χ1) is 23.8. The van der Waals surface area contributed by atoms with Crippen LogP contribution >= 0.6 is 0 Å². The van der Waals surface area contributed by atoms with E-state index in [-0.39, 0.29) is 23.2 Å². The molecule has 1 fully saturated rings. The molecule has 0 amide bonds. The van der Waals surface area contributed by atoms with E-state index in [0.717, 1.165) is 35.1 Å². The van der Waals surface area contributed by atoms with Gasteiger partial charge in [0.25, 0.3) is 0 Å². The van der Waals surface area contributed by atoms with Crippen molar-refractivity contribution in [2.75, 3.05) is 45.1 Å². The first-order valence-electron chi connectivity index (χ1n) is 16.5. The number of aromatic nitrogens is 2. The molecule has 2 aromatic carbocycles. The molecule has 1 saturated heterocycles. The number of allylic oxidation sites excluding steroid dienone is 2. The van der Waals surface area contributed by atoms with Crippen molar-refractivity contribution < 1.29 is 23.7 Å². The minimum absolute atomic E-state index is 0.183. The number of nitrogens with zero attached hydrogens (tertiary/aromatic N) is 2. The van der Waals surface area contributed by atoms with E-state index in [9.17, 15) is 9.90 Å². The van der Waals surface area contributed by atoms with Gasteiger partial charge in [-0.2, -0.15) is 0 Å². The standard InChI is InChI=1S/C39H43FN4O5/c1-24-5-7-26(8-6-24)32-22-44(21-25-13-15-49-16-14-25)23-33(37(32)45)39(46)43-29-10-11-30(34(40)19-29)31-17-28(20-42-38(31)41-2)27-9-12-35(47-3)36(18-27)48-4/h5-12,17-20,22-23,25,35-36,39,43,46H,13-16,21H2,1-4H3,(H,41,42). The Morgan fingerprint density at radius 2 is 1.76 bits per heavy atom. The number of nitrogens with one attached hydrogen (secondary N) is 2. The molecule has 49 heavy (non-hydrogen) atoms. The lowest BCUT2D eigenvalue weighted by molar-refractivity contribution is 0.0144. The zero-order valence-electron chi connectivity index (χ0n) is 28.3. The number of methoxy groups -OCH3 is 2. The molecule has 0 spiro atoms. The number of benzene rings is 2. The molecule has 3 atom stereocenters. The molecule has 256 valence electrons. The van der Waals surface area contributed by atoms with Crippen molar-refractivity contribution in [3.8, 4) is 22.3 Å². The van der Waals surface area contributed by atoms with Crippen LogP contribution in [-0.2, 0) is 20.8 Å². The Bertz CT molecular complexity index is 1900. The predicted molar refractivity (Wildman–Crippen MR) is 191 cm³/mol. The van der Waals surface area contributed by atoms with Gasteiger partial charge in [-0.1, -0.05) is 42.0 Å². The maximum atomic E-state index is 15.9. The Morgan fingerprint density at radius 1 is 1.00 bits per heavy atom. The van der Waals surface area contributed by atoms with Crippen LogP contribution in [0, 0.1) is 18.7 Å². The first-order valence-corrected chi connectivity index (χ1v) is 16.5. The SMILES string of the molecule is CNc1ncc(C2=CC(OC)C(OC)C=C2)cc1-c1ccc(NC(O)c2cn(CC3CCOCC3)cc(-c3ccc(C)cc3)c2=O)cc1F. The largest absolute Gasteiger partial charge is 0.381 e. The Hall–Kier alpha value is -4.61. The summed E-state index contributed by atoms with van der Waals surface area (Å²) in [5.41, 5.74) is 5.16. The molecule has 2 aromatic heterocycles. The molecular formula is C39H43FN4O5. The highest BCUT2D eigenvalue weighted by atomic mass is 19.1. The molecule has 3 N–H and O–H groups in total. The summed E-state index contributed by atoms with van der Waals surface area (Å²) in [7, 11) is 5.00. The molecule has 3 unspecified atom stereocenters. The molecule has 9 nitrogen and oxygen atoms in total. The predicted octanol–water partition coefficient (Wildman–Crippen LogP) is 6.58. The summed E-state index contributed by atoms with van der Waals surface area (Å²) in [6.45, 7) is 4.11. The highest BCUT2D eigenvalue weighted by molar-refractivity contribution is 5.83. The molecule has 0 saturated carbocycles. The number of pyridine rings is 2. The van der Waals surface area contributed by atoms with Crippen LogP contribution in [0.4, 0.5) is 15.9 Å². The van der Waals surface area contributed by atoms with Crippen LogP contribution in [0.5, 0.6) is 0 Å². The second-order valence-corrected chi connectivity index (χ2v) is 12.6. The van der Waals surface area contributed by atoms with Crippen molar-refractivity contribution >= 4 is 17.1 Å². The number of aliphatic hydroxyl groups excluding tert-OH is 1. The maximum absolute atomic E-state index is 15.9. The summed E-state index contributed by atoms with van der Waals surface area (Å²) in [6, 6.07) is 14.3. The molecular weight excluding hydrogens is 623 g/mol. The van der Waals surface area contributed by atoms with Crippen molar-refractivity contribution in [3.63, 3.8) is 0 Å². The van der Waals surface area contributed by atoms with Gasteiger partial charge >= 0.3 is 0 Å². The number of anilines is 2. The van der Waals surface area contributed by atoms with E-state index >= 15 is 4.39 Å². The summed E-state index contributed by atoms with van der Waals surface area (Å²) in [5.74, 6) is 0.395. The van der Waals surface area contributed by atoms with Crippen LogP contribution in [0.15, 0.2) is 90.1 Å². The third kappa shape index (κ3) is 7.68. The van der Waals surface area contributed by atoms with Crippen molar-refractivity contribution in [1.29, 1.82) is 0 Å². The Morgan fingerprint density at radius 3 is 2.45 bits per heavy atom. The van der Waals surface area contributed by atoms with Gasteiger partial charge in [0.2, 0.25) is 0 Å². The van der Waals surface area contributed by atoms with E-state index in [1.807, 2.05) is 66.2 Å². The third-order valence-electron chi connectivity index (χ3n) is 9.27. The van der Waals surface area contributed by atoms with E-state index in [0.29, 0.717) is 53.9 Å². The monoisotopic (exact) mass is 666 g/mol. The van der Waals surface area contributed by atoms with Gasteiger partial charge < -0.3 is 34.5 Å². The van der Waals surface area contributed by atoms with Gasteiger partial charge in [0.05, 0.1) is 5.56 Å². The summed E-state index contributed by atoms with van der Waals surface area (Å²) < 4.78 is 34.5. The van der Waals surface area contributed by atoms with Crippen molar-refractivity contribution in [2.24, 2.45) is 5.92 Å². The van der Waals surface area contributed by atoms with Gasteiger partial charge in [-0.05, 0) is 67.2 Å². The zero-order chi connectivity index (χ0) is 34.5. The van der Waals surface area contributed by atoms with Crippen LogP contribution < -0.4 is 16.1 Å². The summed E-state index contributed by atoms with van der Waals surface area (Å²) in [6.07, 6.45) is 11.1. The van der Waals surface area contributed by atoms with Crippen molar-refractivity contribution in [1.82, 2.24) is 9.55 Å². The van der Waals surface area contributed by atoms with E-state index in [4.69, 9.17) is 14.2 Å². The number of hydrogen-bond donors (Lipinski definition) is 3. The van der Waals surface area contributed by atoms with Gasteiger partial charge in [-0.15, -0.1) is 0 Å². The van der Waals surface area contributed by atoms with Crippen LogP contribution in [0.3, 0.4) is 0 Å². The molecule has 2 aliphatic rings. The molecule has 1 aliphatic carbocycles. The van der Waals surface area contributed by atoms with Crippen molar-refractivity contribution in [3.05, 3.63) is 118 Å². The highest BCUT2D eigenvalue weighted by Crippen LogP contribution is 2.34. The summed E-state index contributed by atoms with van der Waals surface area (Å²) in [5, 5.41) is 17.4. The summed E-state index contributed by atoms with van der Waals surface area (Å²) >= 11 is 0. The van der Waals surface area contributed by atoms with E-state index in [1.165, 1.54) is 6.07 Å². The number of ether oxygens (including phenoxy) is 3. The fraction of sp³-hybridized carbons (Fsp3) is 0.333. The lowest BCUT2D eigenvalue weighted by atomic mass is 9.95. The van der Waals surface area contributed by atoms with Crippen LogP contribution in [-0.4, -0.2) is 61.3 Å². The minimum Gasteiger partial charge on any atom is -0.381 e. The fourth-order valence-electron chi connectivity index (χ4n) is 6.45. The molecule has 0 bridgehead atoms.